The molecule has 35 heavy (non-hydrogen) atoms. The van der Waals surface area contributed by atoms with Crippen LogP contribution in [0.5, 0.6) is 0 Å². The molecule has 0 aromatic heterocycles. The molecule has 4 rings (SSSR count). The Balaban J connectivity index is 2.06. The standard InChI is InChI=1S/C25H17F5O3S2/c1-16-14-23(29)25(24(30)15-16)35(31,32)33-34(20-8-2-17(26)3-9-20,21-10-4-18(27)5-11-21)22-12-6-19(28)7-13-22/h2-15H,1H3. The fraction of sp³-hybridized carbons (Fsp3) is 0.0400. The summed E-state index contributed by atoms with van der Waals surface area (Å²) in [7, 11) is -8.62. The van der Waals surface area contributed by atoms with Crippen molar-refractivity contribution in [3.05, 3.63) is 120 Å². The third kappa shape index (κ3) is 4.82. The van der Waals surface area contributed by atoms with E-state index in [1.54, 1.807) is 0 Å². The fourth-order valence-electron chi connectivity index (χ4n) is 3.50. The lowest BCUT2D eigenvalue weighted by Gasteiger charge is -2.39. The summed E-state index contributed by atoms with van der Waals surface area (Å²) in [5.41, 5.74) is 0.146. The smallest absolute Gasteiger partial charge is 0.207 e. The van der Waals surface area contributed by atoms with Crippen molar-refractivity contribution in [1.29, 1.82) is 0 Å². The molecule has 4 aromatic rings. The van der Waals surface area contributed by atoms with Crippen LogP contribution in [0.3, 0.4) is 0 Å². The van der Waals surface area contributed by atoms with E-state index in [0.29, 0.717) is 0 Å². The Kier molecular flexibility index (Phi) is 6.72. The quantitative estimate of drug-likeness (QED) is 0.249. The molecule has 0 atom stereocenters. The highest BCUT2D eigenvalue weighted by molar-refractivity contribution is 8.33. The number of aryl methyl sites for hydroxylation is 1. The van der Waals surface area contributed by atoms with E-state index < -0.39 is 54.4 Å². The number of benzene rings is 4. The SMILES string of the molecule is Cc1cc(F)c(S(=O)(=O)OS(c2ccc(F)cc2)(c2ccc(F)cc2)c2ccc(F)cc2)c(F)c1. The van der Waals surface area contributed by atoms with Gasteiger partial charge in [0.1, 0.15) is 29.1 Å². The lowest BCUT2D eigenvalue weighted by Crippen LogP contribution is -2.17. The maximum absolute atomic E-state index is 14.7. The Bertz CT molecular complexity index is 1340. The molecule has 4 aromatic carbocycles. The predicted molar refractivity (Wildman–Crippen MR) is 121 cm³/mol. The maximum atomic E-state index is 14.7. The Morgan fingerprint density at radius 3 is 1.20 bits per heavy atom. The van der Waals surface area contributed by atoms with Crippen LogP contribution in [0.15, 0.2) is 105 Å². The molecule has 0 heterocycles. The highest BCUT2D eigenvalue weighted by Gasteiger charge is 2.40. The van der Waals surface area contributed by atoms with Gasteiger partial charge < -0.3 is 0 Å². The third-order valence-electron chi connectivity index (χ3n) is 5.02. The minimum Gasteiger partial charge on any atom is -0.207 e. The van der Waals surface area contributed by atoms with E-state index in [9.17, 15) is 30.4 Å². The van der Waals surface area contributed by atoms with Crippen LogP contribution in [-0.4, -0.2) is 8.42 Å². The molecule has 182 valence electrons. The van der Waals surface area contributed by atoms with Crippen molar-refractivity contribution in [1.82, 2.24) is 0 Å². The molecule has 0 N–H and O–H groups in total. The molecular formula is C25H17F5O3S2. The van der Waals surface area contributed by atoms with Gasteiger partial charge in [0.15, 0.2) is 4.90 Å². The van der Waals surface area contributed by atoms with Crippen LogP contribution in [0, 0.1) is 36.0 Å². The van der Waals surface area contributed by atoms with Gasteiger partial charge in [-0.1, -0.05) is 0 Å². The van der Waals surface area contributed by atoms with Crippen molar-refractivity contribution in [2.75, 3.05) is 0 Å². The average Bonchev–Trinajstić information content (AvgIpc) is 2.78. The number of hydrogen-bond donors (Lipinski definition) is 0. The first kappa shape index (κ1) is 24.9. The first-order valence-electron chi connectivity index (χ1n) is 10.0. The average molecular weight is 525 g/mol. The fourth-order valence-corrected chi connectivity index (χ4v) is 8.76. The molecule has 0 bridgehead atoms. The zero-order chi connectivity index (χ0) is 25.4. The van der Waals surface area contributed by atoms with E-state index in [4.69, 9.17) is 3.63 Å². The summed E-state index contributed by atoms with van der Waals surface area (Å²) >= 11 is 0. The predicted octanol–water partition coefficient (Wildman–Crippen LogP) is 7.29. The van der Waals surface area contributed by atoms with Gasteiger partial charge in [0.05, 0.1) is 0 Å². The highest BCUT2D eigenvalue weighted by atomic mass is 32.3. The molecular weight excluding hydrogens is 507 g/mol. The van der Waals surface area contributed by atoms with Crippen LogP contribution in [0.25, 0.3) is 0 Å². The molecule has 0 fully saturated rings. The van der Waals surface area contributed by atoms with Gasteiger partial charge in [-0.3, -0.25) is 0 Å². The molecule has 0 saturated heterocycles. The Labute approximate surface area is 200 Å². The second kappa shape index (κ2) is 9.44. The molecule has 0 amide bonds. The molecule has 3 nitrogen and oxygen atoms in total. The van der Waals surface area contributed by atoms with Gasteiger partial charge in [-0.05, 0) is 108 Å². The monoisotopic (exact) mass is 524 g/mol. The molecule has 10 heteroatoms. The number of hydrogen-bond acceptors (Lipinski definition) is 3. The summed E-state index contributed by atoms with van der Waals surface area (Å²) in [4.78, 5) is -0.998. The summed E-state index contributed by atoms with van der Waals surface area (Å²) in [6.07, 6.45) is 0. The van der Waals surface area contributed by atoms with Gasteiger partial charge >= 0.3 is 10.1 Å². The highest BCUT2D eigenvalue weighted by Crippen LogP contribution is 2.70. The van der Waals surface area contributed by atoms with Crippen molar-refractivity contribution in [3.63, 3.8) is 0 Å². The van der Waals surface area contributed by atoms with Crippen molar-refractivity contribution in [3.8, 4) is 0 Å². The first-order chi connectivity index (χ1) is 16.5. The van der Waals surface area contributed by atoms with Gasteiger partial charge in [0, 0.05) is 14.7 Å². The van der Waals surface area contributed by atoms with E-state index in [1.807, 2.05) is 0 Å². The van der Waals surface area contributed by atoms with Crippen LogP contribution in [0.4, 0.5) is 22.0 Å². The zero-order valence-electron chi connectivity index (χ0n) is 18.0. The lowest BCUT2D eigenvalue weighted by molar-refractivity contribution is 0.474. The van der Waals surface area contributed by atoms with Gasteiger partial charge in [-0.2, -0.15) is 8.42 Å². The van der Waals surface area contributed by atoms with Crippen molar-refractivity contribution in [2.45, 2.75) is 26.5 Å². The van der Waals surface area contributed by atoms with E-state index in [0.717, 1.165) is 48.5 Å². The molecule has 0 saturated carbocycles. The maximum Gasteiger partial charge on any atom is 0.313 e. The van der Waals surface area contributed by atoms with E-state index in [2.05, 4.69) is 0 Å². The van der Waals surface area contributed by atoms with Crippen LogP contribution in [0.1, 0.15) is 5.56 Å². The molecule has 0 aliphatic rings. The summed E-state index contributed by atoms with van der Waals surface area (Å²) in [6.45, 7) is 1.38. The number of rotatable bonds is 6. The first-order valence-corrected chi connectivity index (χ1v) is 13.0. The molecule has 0 radical (unpaired) electrons. The van der Waals surface area contributed by atoms with E-state index in [1.165, 1.54) is 43.3 Å². The molecule has 0 spiro atoms. The van der Waals surface area contributed by atoms with Crippen LogP contribution in [0.2, 0.25) is 0 Å². The van der Waals surface area contributed by atoms with Crippen molar-refractivity contribution in [2.24, 2.45) is 0 Å². The Morgan fingerprint density at radius 1 is 0.571 bits per heavy atom. The lowest BCUT2D eigenvalue weighted by atomic mass is 10.2. The van der Waals surface area contributed by atoms with Crippen molar-refractivity contribution < 1.29 is 34.0 Å². The zero-order valence-corrected chi connectivity index (χ0v) is 19.6. The minimum absolute atomic E-state index is 0.105. The molecule has 0 aliphatic heterocycles. The van der Waals surface area contributed by atoms with Crippen molar-refractivity contribution >= 4 is 20.4 Å². The summed E-state index contributed by atoms with van der Waals surface area (Å²) in [5, 5.41) is 0. The van der Waals surface area contributed by atoms with E-state index in [-0.39, 0.29) is 20.2 Å². The summed E-state index contributed by atoms with van der Waals surface area (Å²) in [6, 6.07) is 15.4. The van der Waals surface area contributed by atoms with E-state index >= 15 is 0 Å². The topological polar surface area (TPSA) is 43.4 Å². The molecule has 0 unspecified atom stereocenters. The Morgan fingerprint density at radius 2 is 0.886 bits per heavy atom. The second-order valence-electron chi connectivity index (χ2n) is 7.50. The van der Waals surface area contributed by atoms with Gasteiger partial charge in [-0.15, -0.1) is 0 Å². The van der Waals surface area contributed by atoms with Crippen LogP contribution in [-0.2, 0) is 13.7 Å². The minimum atomic E-state index is -5.17. The van der Waals surface area contributed by atoms with Crippen LogP contribution < -0.4 is 0 Å². The third-order valence-corrected chi connectivity index (χ3v) is 10.3. The number of halogens is 5. The van der Waals surface area contributed by atoms with Crippen LogP contribution >= 0.6 is 10.3 Å². The largest absolute Gasteiger partial charge is 0.313 e. The van der Waals surface area contributed by atoms with Gasteiger partial charge in [0.2, 0.25) is 0 Å². The second-order valence-corrected chi connectivity index (χ2v) is 11.9. The normalized spacial score (nSPS) is 12.5. The summed E-state index contributed by atoms with van der Waals surface area (Å²) < 4.78 is 103. The van der Waals surface area contributed by atoms with Gasteiger partial charge in [0.25, 0.3) is 0 Å². The summed E-state index contributed by atoms with van der Waals surface area (Å²) in [5.74, 6) is -4.66. The van der Waals surface area contributed by atoms with Gasteiger partial charge in [-0.25, -0.2) is 25.6 Å². The molecule has 0 aliphatic carbocycles. The Hall–Kier alpha value is -3.21.